The van der Waals surface area contributed by atoms with Gasteiger partial charge in [0.2, 0.25) is 0 Å². The highest BCUT2D eigenvalue weighted by molar-refractivity contribution is 5.55. The highest BCUT2D eigenvalue weighted by Crippen LogP contribution is 2.24. The molecule has 1 aromatic carbocycles. The van der Waals surface area contributed by atoms with Crippen molar-refractivity contribution in [1.29, 1.82) is 0 Å². The van der Waals surface area contributed by atoms with E-state index in [2.05, 4.69) is 47.2 Å². The molecule has 1 aromatic rings. The lowest BCUT2D eigenvalue weighted by Gasteiger charge is -2.39. The summed E-state index contributed by atoms with van der Waals surface area (Å²) in [6.45, 7) is 11.0. The number of rotatable bonds is 3. The third kappa shape index (κ3) is 3.39. The second-order valence-corrected chi connectivity index (χ2v) is 6.70. The van der Waals surface area contributed by atoms with Gasteiger partial charge in [-0.25, -0.2) is 0 Å². The Kier molecular flexibility index (Phi) is 4.20. The van der Waals surface area contributed by atoms with Crippen molar-refractivity contribution in [1.82, 2.24) is 10.2 Å². The molecule has 3 rings (SSSR count). The molecule has 4 heteroatoms. The summed E-state index contributed by atoms with van der Waals surface area (Å²) in [5.74, 6) is 0. The molecule has 116 valence electrons. The summed E-state index contributed by atoms with van der Waals surface area (Å²) in [5, 5.41) is 13.8. The smallest absolute Gasteiger partial charge is 0.0909 e. The van der Waals surface area contributed by atoms with Gasteiger partial charge in [-0.05, 0) is 44.0 Å². The minimum Gasteiger partial charge on any atom is -0.387 e. The van der Waals surface area contributed by atoms with Crippen LogP contribution < -0.4 is 10.2 Å². The van der Waals surface area contributed by atoms with Gasteiger partial charge in [0, 0.05) is 45.0 Å². The molecule has 2 fully saturated rings. The average Bonchev–Trinajstić information content (AvgIpc) is 2.89. The Morgan fingerprint density at radius 2 is 1.95 bits per heavy atom. The van der Waals surface area contributed by atoms with Crippen LogP contribution in [0.5, 0.6) is 0 Å². The number of nitrogens with zero attached hydrogens (tertiary/aromatic N) is 2. The summed E-state index contributed by atoms with van der Waals surface area (Å²) >= 11 is 0. The van der Waals surface area contributed by atoms with Crippen LogP contribution in [0.25, 0.3) is 0 Å². The maximum Gasteiger partial charge on any atom is 0.0909 e. The Hall–Kier alpha value is -1.10. The Morgan fingerprint density at radius 3 is 2.62 bits per heavy atom. The zero-order valence-electron chi connectivity index (χ0n) is 13.2. The van der Waals surface area contributed by atoms with E-state index in [9.17, 15) is 5.11 Å². The normalized spacial score (nSPS) is 27.3. The molecular weight excluding hydrogens is 262 g/mol. The number of piperazine rings is 1. The first-order valence-corrected chi connectivity index (χ1v) is 8.03. The van der Waals surface area contributed by atoms with Crippen LogP contribution in [-0.4, -0.2) is 61.4 Å². The fourth-order valence-electron chi connectivity index (χ4n) is 3.49. The molecule has 0 unspecified atom stereocenters. The zero-order valence-corrected chi connectivity index (χ0v) is 13.2. The molecule has 0 amide bonds. The standard InChI is InChI=1S/C17H27N3O/c1-14-3-4-15(2)16(11-14)20-9-7-19(8-10-20)13-17(21)5-6-18-12-17/h3-4,11,18,21H,5-10,12-13H2,1-2H3/t17-/m0/s1. The number of aliphatic hydroxyl groups is 1. The van der Waals surface area contributed by atoms with Crippen molar-refractivity contribution < 1.29 is 5.11 Å². The van der Waals surface area contributed by atoms with E-state index in [-0.39, 0.29) is 0 Å². The van der Waals surface area contributed by atoms with Crippen molar-refractivity contribution in [3.05, 3.63) is 29.3 Å². The molecule has 0 bridgehead atoms. The van der Waals surface area contributed by atoms with Crippen LogP contribution in [0.3, 0.4) is 0 Å². The van der Waals surface area contributed by atoms with Crippen LogP contribution in [0.2, 0.25) is 0 Å². The Bertz CT molecular complexity index is 489. The number of β-amino-alcohol motifs (C(OH)–C–C–N with tert-alkyl or cyclic N) is 1. The van der Waals surface area contributed by atoms with Gasteiger partial charge in [-0.3, -0.25) is 4.90 Å². The van der Waals surface area contributed by atoms with Crippen molar-refractivity contribution in [3.8, 4) is 0 Å². The van der Waals surface area contributed by atoms with Crippen LogP contribution in [-0.2, 0) is 0 Å². The number of nitrogens with one attached hydrogen (secondary N) is 1. The minimum atomic E-state index is -0.512. The highest BCUT2D eigenvalue weighted by atomic mass is 16.3. The lowest BCUT2D eigenvalue weighted by Crippen LogP contribution is -2.52. The topological polar surface area (TPSA) is 38.7 Å². The van der Waals surface area contributed by atoms with E-state index >= 15 is 0 Å². The molecule has 2 saturated heterocycles. The predicted molar refractivity (Wildman–Crippen MR) is 87.0 cm³/mol. The van der Waals surface area contributed by atoms with E-state index in [0.29, 0.717) is 0 Å². The molecule has 2 N–H and O–H groups in total. The predicted octanol–water partition coefficient (Wildman–Crippen LogP) is 1.15. The minimum absolute atomic E-state index is 0.512. The quantitative estimate of drug-likeness (QED) is 0.875. The summed E-state index contributed by atoms with van der Waals surface area (Å²) in [6, 6.07) is 6.68. The molecule has 2 heterocycles. The van der Waals surface area contributed by atoms with Crippen molar-refractivity contribution in [3.63, 3.8) is 0 Å². The largest absolute Gasteiger partial charge is 0.387 e. The molecule has 21 heavy (non-hydrogen) atoms. The van der Waals surface area contributed by atoms with E-state index in [4.69, 9.17) is 0 Å². The van der Waals surface area contributed by atoms with Gasteiger partial charge < -0.3 is 15.3 Å². The third-order valence-electron chi connectivity index (χ3n) is 4.82. The number of aryl methyl sites for hydroxylation is 2. The number of benzene rings is 1. The van der Waals surface area contributed by atoms with Gasteiger partial charge in [0.25, 0.3) is 0 Å². The summed E-state index contributed by atoms with van der Waals surface area (Å²) in [7, 11) is 0. The van der Waals surface area contributed by atoms with E-state index < -0.39 is 5.60 Å². The second-order valence-electron chi connectivity index (χ2n) is 6.70. The van der Waals surface area contributed by atoms with Crippen LogP contribution in [0.4, 0.5) is 5.69 Å². The first-order chi connectivity index (χ1) is 10.1. The molecule has 0 aliphatic carbocycles. The van der Waals surface area contributed by atoms with Crippen molar-refractivity contribution in [2.45, 2.75) is 25.9 Å². The maximum absolute atomic E-state index is 10.5. The fraction of sp³-hybridized carbons (Fsp3) is 0.647. The average molecular weight is 289 g/mol. The summed E-state index contributed by atoms with van der Waals surface area (Å²) in [6.07, 6.45) is 0.879. The number of anilines is 1. The molecule has 0 radical (unpaired) electrons. The van der Waals surface area contributed by atoms with E-state index in [0.717, 1.165) is 52.2 Å². The number of hydrogen-bond donors (Lipinski definition) is 2. The maximum atomic E-state index is 10.5. The molecule has 0 saturated carbocycles. The zero-order chi connectivity index (χ0) is 14.9. The SMILES string of the molecule is Cc1ccc(C)c(N2CCN(C[C@]3(O)CCNC3)CC2)c1. The highest BCUT2D eigenvalue weighted by Gasteiger charge is 2.34. The molecule has 1 atom stereocenters. The lowest BCUT2D eigenvalue weighted by atomic mass is 10.0. The van der Waals surface area contributed by atoms with Gasteiger partial charge in [-0.2, -0.15) is 0 Å². The van der Waals surface area contributed by atoms with Gasteiger partial charge in [-0.1, -0.05) is 12.1 Å². The van der Waals surface area contributed by atoms with Crippen molar-refractivity contribution in [2.75, 3.05) is 50.7 Å². The monoisotopic (exact) mass is 289 g/mol. The fourth-order valence-corrected chi connectivity index (χ4v) is 3.49. The third-order valence-corrected chi connectivity index (χ3v) is 4.82. The van der Waals surface area contributed by atoms with Gasteiger partial charge in [0.05, 0.1) is 5.60 Å². The van der Waals surface area contributed by atoms with E-state index in [1.165, 1.54) is 16.8 Å². The molecule has 4 nitrogen and oxygen atoms in total. The van der Waals surface area contributed by atoms with Gasteiger partial charge in [0.1, 0.15) is 0 Å². The van der Waals surface area contributed by atoms with Gasteiger partial charge >= 0.3 is 0 Å². The van der Waals surface area contributed by atoms with E-state index in [1.807, 2.05) is 0 Å². The number of hydrogen-bond acceptors (Lipinski definition) is 4. The van der Waals surface area contributed by atoms with Crippen LogP contribution in [0.15, 0.2) is 18.2 Å². The first kappa shape index (κ1) is 14.8. The van der Waals surface area contributed by atoms with Crippen LogP contribution >= 0.6 is 0 Å². The lowest BCUT2D eigenvalue weighted by molar-refractivity contribution is 0.0193. The first-order valence-electron chi connectivity index (χ1n) is 8.03. The molecule has 0 spiro atoms. The molecule has 2 aliphatic rings. The molecule has 0 aromatic heterocycles. The van der Waals surface area contributed by atoms with Gasteiger partial charge in [0.15, 0.2) is 0 Å². The molecule has 2 aliphatic heterocycles. The Labute approximate surface area is 127 Å². The van der Waals surface area contributed by atoms with Crippen molar-refractivity contribution in [2.24, 2.45) is 0 Å². The van der Waals surface area contributed by atoms with Crippen LogP contribution in [0, 0.1) is 13.8 Å². The van der Waals surface area contributed by atoms with Crippen LogP contribution in [0.1, 0.15) is 17.5 Å². The van der Waals surface area contributed by atoms with Crippen molar-refractivity contribution >= 4 is 5.69 Å². The van der Waals surface area contributed by atoms with Gasteiger partial charge in [-0.15, -0.1) is 0 Å². The second kappa shape index (κ2) is 5.95. The Morgan fingerprint density at radius 1 is 1.19 bits per heavy atom. The van der Waals surface area contributed by atoms with E-state index in [1.54, 1.807) is 0 Å². The summed E-state index contributed by atoms with van der Waals surface area (Å²) in [4.78, 5) is 4.89. The summed E-state index contributed by atoms with van der Waals surface area (Å²) in [5.41, 5.74) is 3.54. The summed E-state index contributed by atoms with van der Waals surface area (Å²) < 4.78 is 0. The Balaban J connectivity index is 1.58. The molecular formula is C17H27N3O.